The average molecular weight is 165 g/mol. The molecular formula is C10H12FN. The SMILES string of the molecule is CC1CCc2cc(F)c(N)cc21. The highest BCUT2D eigenvalue weighted by atomic mass is 19.1. The maximum absolute atomic E-state index is 13.0. The number of rotatable bonds is 0. The van der Waals surface area contributed by atoms with Gasteiger partial charge in [0.1, 0.15) is 5.82 Å². The number of halogens is 1. The molecule has 1 unspecified atom stereocenters. The second kappa shape index (κ2) is 2.47. The van der Waals surface area contributed by atoms with Gasteiger partial charge < -0.3 is 5.73 Å². The van der Waals surface area contributed by atoms with Crippen LogP contribution in [0.25, 0.3) is 0 Å². The Morgan fingerprint density at radius 3 is 3.00 bits per heavy atom. The number of benzene rings is 1. The fraction of sp³-hybridized carbons (Fsp3) is 0.400. The molecule has 1 aromatic carbocycles. The highest BCUT2D eigenvalue weighted by Crippen LogP contribution is 2.34. The number of nitrogens with two attached hydrogens (primary N) is 1. The second-order valence-corrected chi connectivity index (χ2v) is 3.51. The molecule has 2 N–H and O–H groups in total. The first kappa shape index (κ1) is 7.59. The van der Waals surface area contributed by atoms with E-state index in [0.29, 0.717) is 5.92 Å². The third-order valence-corrected chi connectivity index (χ3v) is 2.64. The third kappa shape index (κ3) is 0.986. The third-order valence-electron chi connectivity index (χ3n) is 2.64. The molecule has 2 rings (SSSR count). The van der Waals surface area contributed by atoms with E-state index < -0.39 is 0 Å². The van der Waals surface area contributed by atoms with Gasteiger partial charge in [-0.1, -0.05) is 6.92 Å². The number of anilines is 1. The number of hydrogen-bond donors (Lipinski definition) is 1. The van der Waals surface area contributed by atoms with Gasteiger partial charge in [-0.2, -0.15) is 0 Å². The van der Waals surface area contributed by atoms with E-state index >= 15 is 0 Å². The Morgan fingerprint density at radius 2 is 2.25 bits per heavy atom. The van der Waals surface area contributed by atoms with Crippen LogP contribution in [-0.4, -0.2) is 0 Å². The van der Waals surface area contributed by atoms with Gasteiger partial charge in [-0.05, 0) is 42.0 Å². The van der Waals surface area contributed by atoms with E-state index in [1.165, 1.54) is 5.56 Å². The standard InChI is InChI=1S/C10H12FN/c1-6-2-3-7-4-9(11)10(12)5-8(6)7/h4-6H,2-3,12H2,1H3. The molecule has 1 aliphatic carbocycles. The van der Waals surface area contributed by atoms with Gasteiger partial charge in [-0.3, -0.25) is 0 Å². The molecule has 0 fully saturated rings. The number of nitrogen functional groups attached to an aromatic ring is 1. The zero-order chi connectivity index (χ0) is 8.72. The van der Waals surface area contributed by atoms with E-state index in [1.807, 2.05) is 0 Å². The van der Waals surface area contributed by atoms with Crippen molar-refractivity contribution in [2.45, 2.75) is 25.7 Å². The molecule has 12 heavy (non-hydrogen) atoms. The molecule has 64 valence electrons. The molecular weight excluding hydrogens is 153 g/mol. The van der Waals surface area contributed by atoms with Crippen molar-refractivity contribution in [3.8, 4) is 0 Å². The molecule has 0 spiro atoms. The lowest BCUT2D eigenvalue weighted by Gasteiger charge is -2.05. The molecule has 0 heterocycles. The summed E-state index contributed by atoms with van der Waals surface area (Å²) < 4.78 is 13.0. The van der Waals surface area contributed by atoms with Crippen molar-refractivity contribution in [2.24, 2.45) is 0 Å². The molecule has 1 atom stereocenters. The van der Waals surface area contributed by atoms with Crippen LogP contribution in [0, 0.1) is 5.82 Å². The van der Waals surface area contributed by atoms with E-state index in [2.05, 4.69) is 6.92 Å². The van der Waals surface area contributed by atoms with Gasteiger partial charge in [0.25, 0.3) is 0 Å². The summed E-state index contributed by atoms with van der Waals surface area (Å²) in [6.45, 7) is 2.16. The van der Waals surface area contributed by atoms with Crippen LogP contribution in [0.5, 0.6) is 0 Å². The molecule has 0 aromatic heterocycles. The van der Waals surface area contributed by atoms with E-state index in [4.69, 9.17) is 5.73 Å². The minimum atomic E-state index is -0.275. The Labute approximate surface area is 71.4 Å². The number of fused-ring (bicyclic) bond motifs is 1. The summed E-state index contributed by atoms with van der Waals surface area (Å²) in [6, 6.07) is 3.36. The molecule has 0 amide bonds. The lowest BCUT2D eigenvalue weighted by molar-refractivity contribution is 0.630. The number of hydrogen-bond acceptors (Lipinski definition) is 1. The zero-order valence-electron chi connectivity index (χ0n) is 7.10. The summed E-state index contributed by atoms with van der Waals surface area (Å²) in [6.07, 6.45) is 2.12. The quantitative estimate of drug-likeness (QED) is 0.587. The summed E-state index contributed by atoms with van der Waals surface area (Å²) in [7, 11) is 0. The van der Waals surface area contributed by atoms with Crippen molar-refractivity contribution in [3.05, 3.63) is 29.1 Å². The largest absolute Gasteiger partial charge is 0.396 e. The predicted molar refractivity (Wildman–Crippen MR) is 47.5 cm³/mol. The van der Waals surface area contributed by atoms with Crippen LogP contribution in [0.3, 0.4) is 0 Å². The van der Waals surface area contributed by atoms with Crippen LogP contribution < -0.4 is 5.73 Å². The fourth-order valence-corrected chi connectivity index (χ4v) is 1.85. The molecule has 0 aliphatic heterocycles. The van der Waals surface area contributed by atoms with Gasteiger partial charge in [0.2, 0.25) is 0 Å². The first-order valence-corrected chi connectivity index (χ1v) is 4.26. The van der Waals surface area contributed by atoms with E-state index in [1.54, 1.807) is 12.1 Å². The second-order valence-electron chi connectivity index (χ2n) is 3.51. The summed E-state index contributed by atoms with van der Waals surface area (Å²) in [5.41, 5.74) is 8.12. The Kier molecular flexibility index (Phi) is 1.56. The summed E-state index contributed by atoms with van der Waals surface area (Å²) in [5, 5.41) is 0. The molecule has 2 heteroatoms. The van der Waals surface area contributed by atoms with Crippen LogP contribution in [0.2, 0.25) is 0 Å². The summed E-state index contributed by atoms with van der Waals surface area (Å²) >= 11 is 0. The summed E-state index contributed by atoms with van der Waals surface area (Å²) in [5.74, 6) is 0.269. The highest BCUT2D eigenvalue weighted by Gasteiger charge is 2.19. The Morgan fingerprint density at radius 1 is 1.50 bits per heavy atom. The minimum absolute atomic E-state index is 0.275. The molecule has 0 saturated heterocycles. The monoisotopic (exact) mass is 165 g/mol. The van der Waals surface area contributed by atoms with Crippen molar-refractivity contribution in [3.63, 3.8) is 0 Å². The molecule has 0 radical (unpaired) electrons. The molecule has 1 nitrogen and oxygen atoms in total. The van der Waals surface area contributed by atoms with E-state index in [0.717, 1.165) is 18.4 Å². The van der Waals surface area contributed by atoms with Gasteiger partial charge in [0.15, 0.2) is 0 Å². The van der Waals surface area contributed by atoms with Gasteiger partial charge in [-0.15, -0.1) is 0 Å². The summed E-state index contributed by atoms with van der Waals surface area (Å²) in [4.78, 5) is 0. The van der Waals surface area contributed by atoms with Gasteiger partial charge >= 0.3 is 0 Å². The topological polar surface area (TPSA) is 26.0 Å². The maximum Gasteiger partial charge on any atom is 0.146 e. The van der Waals surface area contributed by atoms with Crippen molar-refractivity contribution in [1.29, 1.82) is 0 Å². The van der Waals surface area contributed by atoms with Gasteiger partial charge in [0.05, 0.1) is 5.69 Å². The molecule has 1 aliphatic rings. The van der Waals surface area contributed by atoms with E-state index in [9.17, 15) is 4.39 Å². The van der Waals surface area contributed by atoms with E-state index in [-0.39, 0.29) is 11.5 Å². The van der Waals surface area contributed by atoms with Crippen molar-refractivity contribution in [2.75, 3.05) is 5.73 Å². The first-order valence-electron chi connectivity index (χ1n) is 4.26. The number of aryl methyl sites for hydroxylation is 1. The Balaban J connectivity index is 2.56. The zero-order valence-corrected chi connectivity index (χ0v) is 7.10. The van der Waals surface area contributed by atoms with Crippen LogP contribution in [0.1, 0.15) is 30.4 Å². The van der Waals surface area contributed by atoms with Crippen LogP contribution in [0.15, 0.2) is 12.1 Å². The Bertz CT molecular complexity index is 320. The van der Waals surface area contributed by atoms with Crippen LogP contribution in [0.4, 0.5) is 10.1 Å². The van der Waals surface area contributed by atoms with Crippen molar-refractivity contribution >= 4 is 5.69 Å². The van der Waals surface area contributed by atoms with Crippen molar-refractivity contribution < 1.29 is 4.39 Å². The fourth-order valence-electron chi connectivity index (χ4n) is 1.85. The van der Waals surface area contributed by atoms with Gasteiger partial charge in [0, 0.05) is 0 Å². The van der Waals surface area contributed by atoms with Crippen LogP contribution >= 0.6 is 0 Å². The average Bonchev–Trinajstić information content (AvgIpc) is 2.35. The van der Waals surface area contributed by atoms with Gasteiger partial charge in [-0.25, -0.2) is 4.39 Å². The maximum atomic E-state index is 13.0. The predicted octanol–water partition coefficient (Wildman–Crippen LogP) is 2.46. The molecule has 1 aromatic rings. The lowest BCUT2D eigenvalue weighted by atomic mass is 10.0. The smallest absolute Gasteiger partial charge is 0.146 e. The highest BCUT2D eigenvalue weighted by molar-refractivity contribution is 5.49. The Hall–Kier alpha value is -1.05. The lowest BCUT2D eigenvalue weighted by Crippen LogP contribution is -1.95. The molecule has 0 saturated carbocycles. The van der Waals surface area contributed by atoms with Crippen LogP contribution in [-0.2, 0) is 6.42 Å². The minimum Gasteiger partial charge on any atom is -0.396 e. The molecule has 0 bridgehead atoms. The van der Waals surface area contributed by atoms with Crippen molar-refractivity contribution in [1.82, 2.24) is 0 Å². The normalized spacial score (nSPS) is 21.0. The first-order chi connectivity index (χ1) is 5.68.